The summed E-state index contributed by atoms with van der Waals surface area (Å²) < 4.78 is 4.89. The number of carbonyl (C=O) groups is 1. The van der Waals surface area contributed by atoms with Crippen LogP contribution in [0.4, 0.5) is 10.7 Å². The van der Waals surface area contributed by atoms with Gasteiger partial charge in [0.15, 0.2) is 0 Å². The summed E-state index contributed by atoms with van der Waals surface area (Å²) in [5, 5.41) is 13.9. The van der Waals surface area contributed by atoms with Crippen molar-refractivity contribution in [3.8, 4) is 0 Å². The third-order valence-corrected chi connectivity index (χ3v) is 1.61. The van der Waals surface area contributed by atoms with Gasteiger partial charge in [0.05, 0.1) is 12.3 Å². The molecule has 8 heteroatoms. The highest BCUT2D eigenvalue weighted by Crippen LogP contribution is 2.17. The molecular formula is C9H10N4O4. The molecule has 0 aromatic carbocycles. The van der Waals surface area contributed by atoms with E-state index in [4.69, 9.17) is 10.2 Å². The van der Waals surface area contributed by atoms with Gasteiger partial charge in [-0.3, -0.25) is 10.1 Å². The van der Waals surface area contributed by atoms with Crippen LogP contribution in [0, 0.1) is 10.1 Å². The summed E-state index contributed by atoms with van der Waals surface area (Å²) in [6.45, 7) is 1.68. The molecular weight excluding hydrogens is 228 g/mol. The summed E-state index contributed by atoms with van der Waals surface area (Å²) in [7, 11) is 0. The number of amides is 2. The maximum Gasteiger partial charge on any atom is 0.433 e. The molecule has 8 nitrogen and oxygen atoms in total. The molecule has 0 spiro atoms. The van der Waals surface area contributed by atoms with Crippen molar-refractivity contribution in [3.05, 3.63) is 33.6 Å². The standard InChI is InChI=1S/C9H10N4O4/c1-6(5-11-12-9(10)14)4-7-2-3-8(17-7)13(15)16/h2-5H,1H3,(H3,10,12,14)/b6-4+,11-5+. The Bertz CT molecular complexity index is 489. The van der Waals surface area contributed by atoms with E-state index in [1.807, 2.05) is 5.43 Å². The Morgan fingerprint density at radius 3 is 2.88 bits per heavy atom. The van der Waals surface area contributed by atoms with Crippen LogP contribution in [0.25, 0.3) is 6.08 Å². The van der Waals surface area contributed by atoms with Crippen molar-refractivity contribution in [2.24, 2.45) is 10.8 Å². The van der Waals surface area contributed by atoms with Gasteiger partial charge in [0.25, 0.3) is 0 Å². The average molecular weight is 238 g/mol. The molecule has 1 aromatic heterocycles. The predicted octanol–water partition coefficient (Wildman–Crippen LogP) is 1.25. The minimum absolute atomic E-state index is 0.319. The van der Waals surface area contributed by atoms with Gasteiger partial charge >= 0.3 is 11.9 Å². The highest BCUT2D eigenvalue weighted by molar-refractivity contribution is 5.85. The second kappa shape index (κ2) is 5.45. The Kier molecular flexibility index (Phi) is 3.98. The number of nitrogens with two attached hydrogens (primary N) is 1. The zero-order valence-electron chi connectivity index (χ0n) is 8.91. The molecule has 0 atom stereocenters. The Hall–Kier alpha value is -2.64. The lowest BCUT2D eigenvalue weighted by Gasteiger charge is -1.91. The van der Waals surface area contributed by atoms with Crippen LogP contribution in [0.15, 0.2) is 27.2 Å². The molecule has 0 aliphatic rings. The van der Waals surface area contributed by atoms with Crippen molar-refractivity contribution >= 4 is 24.2 Å². The van der Waals surface area contributed by atoms with Crippen LogP contribution in [0.3, 0.4) is 0 Å². The molecule has 2 amide bonds. The van der Waals surface area contributed by atoms with E-state index in [2.05, 4.69) is 5.10 Å². The fourth-order valence-corrected chi connectivity index (χ4v) is 0.977. The van der Waals surface area contributed by atoms with Crippen molar-refractivity contribution < 1.29 is 14.1 Å². The summed E-state index contributed by atoms with van der Waals surface area (Å²) in [5.74, 6) is -0.0176. The number of nitrogens with zero attached hydrogens (tertiary/aromatic N) is 2. The second-order valence-corrected chi connectivity index (χ2v) is 3.06. The van der Waals surface area contributed by atoms with E-state index < -0.39 is 11.0 Å². The van der Waals surface area contributed by atoms with Crippen LogP contribution in [-0.2, 0) is 0 Å². The molecule has 0 aliphatic heterocycles. The second-order valence-electron chi connectivity index (χ2n) is 3.06. The molecule has 0 radical (unpaired) electrons. The molecule has 0 saturated heterocycles. The van der Waals surface area contributed by atoms with Gasteiger partial charge in [0.1, 0.15) is 10.7 Å². The van der Waals surface area contributed by atoms with E-state index in [0.29, 0.717) is 11.3 Å². The molecule has 1 rings (SSSR count). The summed E-state index contributed by atoms with van der Waals surface area (Å²) in [6.07, 6.45) is 2.86. The van der Waals surface area contributed by atoms with E-state index in [1.165, 1.54) is 24.4 Å². The smallest absolute Gasteiger partial charge is 0.401 e. The summed E-state index contributed by atoms with van der Waals surface area (Å²) in [6, 6.07) is 1.93. The van der Waals surface area contributed by atoms with Gasteiger partial charge in [0.2, 0.25) is 0 Å². The van der Waals surface area contributed by atoms with Gasteiger partial charge in [-0.05, 0) is 24.6 Å². The molecule has 1 aromatic rings. The summed E-state index contributed by atoms with van der Waals surface area (Å²) in [4.78, 5) is 20.0. The first kappa shape index (κ1) is 12.4. The predicted molar refractivity (Wildman–Crippen MR) is 60.2 cm³/mol. The monoisotopic (exact) mass is 238 g/mol. The number of rotatable bonds is 4. The highest BCUT2D eigenvalue weighted by atomic mass is 16.6. The average Bonchev–Trinajstić information content (AvgIpc) is 2.65. The first-order chi connectivity index (χ1) is 7.99. The molecule has 0 saturated carbocycles. The molecule has 0 fully saturated rings. The zero-order chi connectivity index (χ0) is 12.8. The fraction of sp³-hybridized carbons (Fsp3) is 0.111. The van der Waals surface area contributed by atoms with Gasteiger partial charge < -0.3 is 10.2 Å². The van der Waals surface area contributed by atoms with Gasteiger partial charge in [-0.15, -0.1) is 0 Å². The number of hydrogen-bond acceptors (Lipinski definition) is 5. The van der Waals surface area contributed by atoms with E-state index in [1.54, 1.807) is 6.92 Å². The van der Waals surface area contributed by atoms with Crippen molar-refractivity contribution in [3.63, 3.8) is 0 Å². The van der Waals surface area contributed by atoms with Crippen LogP contribution in [0.2, 0.25) is 0 Å². The maximum atomic E-state index is 10.4. The van der Waals surface area contributed by atoms with E-state index >= 15 is 0 Å². The molecule has 90 valence electrons. The number of hydrazone groups is 1. The largest absolute Gasteiger partial charge is 0.433 e. The lowest BCUT2D eigenvalue weighted by Crippen LogP contribution is -2.24. The number of hydrogen-bond donors (Lipinski definition) is 2. The minimum atomic E-state index is -0.775. The van der Waals surface area contributed by atoms with Crippen LogP contribution in [0.1, 0.15) is 12.7 Å². The molecule has 0 bridgehead atoms. The number of primary amides is 1. The zero-order valence-corrected chi connectivity index (χ0v) is 8.91. The molecule has 17 heavy (non-hydrogen) atoms. The fourth-order valence-electron chi connectivity index (χ4n) is 0.977. The summed E-state index contributed by atoms with van der Waals surface area (Å²) >= 11 is 0. The Morgan fingerprint density at radius 2 is 2.35 bits per heavy atom. The Morgan fingerprint density at radius 1 is 1.65 bits per heavy atom. The Balaban J connectivity index is 2.70. The molecule has 1 heterocycles. The van der Waals surface area contributed by atoms with E-state index in [9.17, 15) is 14.9 Å². The topological polar surface area (TPSA) is 124 Å². The lowest BCUT2D eigenvalue weighted by atomic mass is 10.3. The number of allylic oxidation sites excluding steroid dienone is 1. The van der Waals surface area contributed by atoms with Gasteiger partial charge in [-0.2, -0.15) is 5.10 Å². The number of carbonyl (C=O) groups excluding carboxylic acids is 1. The molecule has 0 aliphatic carbocycles. The van der Waals surface area contributed by atoms with E-state index in [-0.39, 0.29) is 5.88 Å². The quantitative estimate of drug-likeness (QED) is 0.465. The van der Waals surface area contributed by atoms with Crippen LogP contribution < -0.4 is 11.2 Å². The van der Waals surface area contributed by atoms with Crippen molar-refractivity contribution in [1.29, 1.82) is 0 Å². The normalized spacial score (nSPS) is 11.7. The number of nitrogens with one attached hydrogen (secondary N) is 1. The first-order valence-electron chi connectivity index (χ1n) is 4.50. The lowest BCUT2D eigenvalue weighted by molar-refractivity contribution is -0.402. The van der Waals surface area contributed by atoms with Crippen LogP contribution in [-0.4, -0.2) is 17.2 Å². The van der Waals surface area contributed by atoms with Crippen molar-refractivity contribution in [1.82, 2.24) is 5.43 Å². The molecule has 3 N–H and O–H groups in total. The first-order valence-corrected chi connectivity index (χ1v) is 4.50. The van der Waals surface area contributed by atoms with Gasteiger partial charge in [0, 0.05) is 0 Å². The van der Waals surface area contributed by atoms with Crippen molar-refractivity contribution in [2.45, 2.75) is 6.92 Å². The molecule has 0 unspecified atom stereocenters. The van der Waals surface area contributed by atoms with Gasteiger partial charge in [-0.1, -0.05) is 0 Å². The third-order valence-electron chi connectivity index (χ3n) is 1.61. The Labute approximate surface area is 95.9 Å². The highest BCUT2D eigenvalue weighted by Gasteiger charge is 2.09. The number of urea groups is 1. The third kappa shape index (κ3) is 4.16. The SMILES string of the molecule is CC(/C=N/NC(N)=O)=C\c1ccc([N+](=O)[O-])o1. The van der Waals surface area contributed by atoms with Crippen LogP contribution >= 0.6 is 0 Å². The maximum absolute atomic E-state index is 10.4. The van der Waals surface area contributed by atoms with Crippen LogP contribution in [0.5, 0.6) is 0 Å². The minimum Gasteiger partial charge on any atom is -0.401 e. The summed E-state index contributed by atoms with van der Waals surface area (Å²) in [5.41, 5.74) is 7.43. The van der Waals surface area contributed by atoms with E-state index in [0.717, 1.165) is 0 Å². The van der Waals surface area contributed by atoms with Crippen molar-refractivity contribution in [2.75, 3.05) is 0 Å². The number of nitro groups is 1. The van der Waals surface area contributed by atoms with Gasteiger partial charge in [-0.25, -0.2) is 10.2 Å². The number of furan rings is 1.